The van der Waals surface area contributed by atoms with E-state index in [-0.39, 0.29) is 11.7 Å². The zero-order valence-electron chi connectivity index (χ0n) is 24.2. The van der Waals surface area contributed by atoms with Gasteiger partial charge >= 0.3 is 0 Å². The number of nitrogens with one attached hydrogen (secondary N) is 1. The minimum absolute atomic E-state index is 0.0182. The summed E-state index contributed by atoms with van der Waals surface area (Å²) in [5.41, 5.74) is 11.2. The van der Waals surface area contributed by atoms with Gasteiger partial charge in [-0.25, -0.2) is 4.39 Å². The minimum Gasteiger partial charge on any atom is -0.384 e. The number of aliphatic hydroxyl groups excluding tert-OH is 1. The normalized spacial score (nSPS) is 14.8. The van der Waals surface area contributed by atoms with Crippen LogP contribution < -0.4 is 5.73 Å². The molecule has 4 N–H and O–H groups in total. The summed E-state index contributed by atoms with van der Waals surface area (Å²) in [6.45, 7) is 3.02. The number of primary amides is 1. The van der Waals surface area contributed by atoms with E-state index in [2.05, 4.69) is 16.9 Å². The summed E-state index contributed by atoms with van der Waals surface area (Å²) in [7, 11) is 2.05. The number of rotatable bonds is 5. The summed E-state index contributed by atoms with van der Waals surface area (Å²) in [6, 6.07) is 26.8. The molecule has 7 rings (SSSR count). The topological polar surface area (TPSA) is 103 Å². The van der Waals surface area contributed by atoms with Crippen LogP contribution >= 0.6 is 0 Å². The first-order chi connectivity index (χ1) is 21.3. The van der Waals surface area contributed by atoms with Crippen molar-refractivity contribution in [2.75, 3.05) is 33.2 Å². The van der Waals surface area contributed by atoms with E-state index in [9.17, 15) is 19.1 Å². The molecule has 1 saturated heterocycles. The Balaban J connectivity index is 1.38. The first kappa shape index (κ1) is 27.8. The third-order valence-electron chi connectivity index (χ3n) is 8.78. The Kier molecular flexibility index (Phi) is 6.88. The van der Waals surface area contributed by atoms with Crippen molar-refractivity contribution < 1.29 is 19.1 Å². The van der Waals surface area contributed by atoms with Crippen molar-refractivity contribution in [1.82, 2.24) is 14.8 Å². The van der Waals surface area contributed by atoms with Crippen LogP contribution in [0.15, 0.2) is 91.0 Å². The largest absolute Gasteiger partial charge is 0.384 e. The lowest BCUT2D eigenvalue weighted by molar-refractivity contribution is 0.0664. The second-order valence-electron chi connectivity index (χ2n) is 11.5. The number of benzene rings is 5. The van der Waals surface area contributed by atoms with Crippen LogP contribution in [0, 0.1) is 5.82 Å². The van der Waals surface area contributed by atoms with Crippen LogP contribution in [0.2, 0.25) is 0 Å². The Morgan fingerprint density at radius 3 is 2.32 bits per heavy atom. The van der Waals surface area contributed by atoms with Crippen molar-refractivity contribution in [2.45, 2.75) is 6.10 Å². The smallest absolute Gasteiger partial charge is 0.254 e. The molecule has 8 heteroatoms. The van der Waals surface area contributed by atoms with E-state index in [1.165, 1.54) is 12.1 Å². The molecule has 0 spiro atoms. The second kappa shape index (κ2) is 10.9. The quantitative estimate of drug-likeness (QED) is 0.236. The Bertz CT molecular complexity index is 2080. The lowest BCUT2D eigenvalue weighted by Gasteiger charge is -2.32. The van der Waals surface area contributed by atoms with Gasteiger partial charge in [0.25, 0.3) is 11.8 Å². The maximum Gasteiger partial charge on any atom is 0.254 e. The highest BCUT2D eigenvalue weighted by molar-refractivity contribution is 6.22. The van der Waals surface area contributed by atoms with Gasteiger partial charge in [-0.3, -0.25) is 9.59 Å². The standard InChI is InChI=1S/C36H31FN4O3/c1-40-16-18-41(19-17-40)36(44)22-10-13-29-31(20-22)39-33-30(35(38)43)15-14-27(32(29)33)25-5-2-6-26-24(25)4-3-7-28(26)34(42)21-8-11-23(37)12-9-21/h2-15,20,34,39,42H,16-19H2,1H3,(H2,38,43). The van der Waals surface area contributed by atoms with Crippen LogP contribution in [0.4, 0.5) is 4.39 Å². The summed E-state index contributed by atoms with van der Waals surface area (Å²) >= 11 is 0. The molecule has 44 heavy (non-hydrogen) atoms. The van der Waals surface area contributed by atoms with Crippen molar-refractivity contribution >= 4 is 44.4 Å². The molecular weight excluding hydrogens is 555 g/mol. The van der Waals surface area contributed by atoms with E-state index in [0.717, 1.165) is 51.3 Å². The van der Waals surface area contributed by atoms with Crippen LogP contribution in [0.3, 0.4) is 0 Å². The molecule has 1 aliphatic rings. The first-order valence-corrected chi connectivity index (χ1v) is 14.6. The number of aromatic amines is 1. The number of hydrogen-bond acceptors (Lipinski definition) is 4. The van der Waals surface area contributed by atoms with Gasteiger partial charge in [-0.2, -0.15) is 0 Å². The Morgan fingerprint density at radius 2 is 1.57 bits per heavy atom. The van der Waals surface area contributed by atoms with Crippen LogP contribution in [0.5, 0.6) is 0 Å². The fraction of sp³-hybridized carbons (Fsp3) is 0.167. The molecule has 0 radical (unpaired) electrons. The summed E-state index contributed by atoms with van der Waals surface area (Å²) in [5, 5.41) is 14.7. The number of halogens is 1. The average Bonchev–Trinajstić information content (AvgIpc) is 3.42. The number of aliphatic hydroxyl groups is 1. The van der Waals surface area contributed by atoms with Crippen molar-refractivity contribution in [3.8, 4) is 11.1 Å². The highest BCUT2D eigenvalue weighted by Gasteiger charge is 2.23. The fourth-order valence-corrected chi connectivity index (χ4v) is 6.40. The van der Waals surface area contributed by atoms with Crippen molar-refractivity contribution in [3.63, 3.8) is 0 Å². The van der Waals surface area contributed by atoms with E-state index in [0.29, 0.717) is 40.9 Å². The molecule has 1 fully saturated rings. The third kappa shape index (κ3) is 4.69. The number of nitrogens with zero attached hydrogens (tertiary/aromatic N) is 2. The summed E-state index contributed by atoms with van der Waals surface area (Å²) in [5.74, 6) is -0.932. The van der Waals surface area contributed by atoms with Crippen molar-refractivity contribution in [1.29, 1.82) is 0 Å². The SMILES string of the molecule is CN1CCN(C(=O)c2ccc3c(c2)[nH]c2c(C(N)=O)ccc(-c4cccc5c(C(O)c6ccc(F)cc6)cccc45)c23)CC1. The molecule has 2 heterocycles. The van der Waals surface area contributed by atoms with Gasteiger partial charge in [-0.05, 0) is 70.4 Å². The number of likely N-dealkylation sites (N-methyl/N-ethyl adjacent to an activating group) is 1. The zero-order valence-corrected chi connectivity index (χ0v) is 24.2. The number of carbonyl (C=O) groups is 2. The zero-order chi connectivity index (χ0) is 30.5. The highest BCUT2D eigenvalue weighted by atomic mass is 19.1. The van der Waals surface area contributed by atoms with Gasteiger partial charge in [0.2, 0.25) is 0 Å². The molecule has 6 aromatic rings. The monoisotopic (exact) mass is 586 g/mol. The number of aromatic nitrogens is 1. The van der Waals surface area contributed by atoms with Gasteiger partial charge in [0, 0.05) is 48.0 Å². The maximum atomic E-state index is 13.6. The average molecular weight is 587 g/mol. The minimum atomic E-state index is -0.948. The van der Waals surface area contributed by atoms with Gasteiger partial charge in [-0.1, -0.05) is 60.7 Å². The number of fused-ring (bicyclic) bond motifs is 4. The molecule has 0 aliphatic carbocycles. The lowest BCUT2D eigenvalue weighted by Crippen LogP contribution is -2.47. The van der Waals surface area contributed by atoms with E-state index in [1.54, 1.807) is 18.2 Å². The first-order valence-electron chi connectivity index (χ1n) is 14.6. The van der Waals surface area contributed by atoms with Gasteiger partial charge in [0.05, 0.1) is 11.1 Å². The number of piperazine rings is 1. The Morgan fingerprint density at radius 1 is 0.841 bits per heavy atom. The van der Waals surface area contributed by atoms with E-state index >= 15 is 0 Å². The Labute approximate surface area is 253 Å². The van der Waals surface area contributed by atoms with Crippen LogP contribution in [0.1, 0.15) is 37.9 Å². The van der Waals surface area contributed by atoms with Gasteiger partial charge < -0.3 is 25.6 Å². The predicted octanol–water partition coefficient (Wildman–Crippen LogP) is 5.85. The van der Waals surface area contributed by atoms with Crippen LogP contribution in [0.25, 0.3) is 43.7 Å². The number of nitrogens with two attached hydrogens (primary N) is 1. The maximum absolute atomic E-state index is 13.6. The molecule has 1 unspecified atom stereocenters. The third-order valence-corrected chi connectivity index (χ3v) is 8.78. The van der Waals surface area contributed by atoms with E-state index in [1.807, 2.05) is 65.6 Å². The van der Waals surface area contributed by atoms with Gasteiger partial charge in [0.15, 0.2) is 0 Å². The molecule has 0 saturated carbocycles. The fourth-order valence-electron chi connectivity index (χ4n) is 6.40. The van der Waals surface area contributed by atoms with Crippen LogP contribution in [-0.4, -0.2) is 64.9 Å². The van der Waals surface area contributed by atoms with Crippen LogP contribution in [-0.2, 0) is 0 Å². The van der Waals surface area contributed by atoms with Gasteiger partial charge in [-0.15, -0.1) is 0 Å². The highest BCUT2D eigenvalue weighted by Crippen LogP contribution is 2.41. The number of H-pyrrole nitrogens is 1. The van der Waals surface area contributed by atoms with Gasteiger partial charge in [0.1, 0.15) is 11.9 Å². The van der Waals surface area contributed by atoms with E-state index < -0.39 is 12.0 Å². The Hall–Kier alpha value is -5.05. The number of carbonyl (C=O) groups excluding carboxylic acids is 2. The lowest BCUT2D eigenvalue weighted by atomic mass is 9.89. The number of amides is 2. The molecule has 1 atom stereocenters. The van der Waals surface area contributed by atoms with Crippen molar-refractivity contribution in [2.24, 2.45) is 5.73 Å². The summed E-state index contributed by atoms with van der Waals surface area (Å²) < 4.78 is 13.6. The predicted molar refractivity (Wildman–Crippen MR) is 171 cm³/mol. The number of hydrogen-bond donors (Lipinski definition) is 3. The molecule has 220 valence electrons. The van der Waals surface area contributed by atoms with E-state index in [4.69, 9.17) is 5.73 Å². The molecule has 7 nitrogen and oxygen atoms in total. The molecule has 1 aromatic heterocycles. The molecule has 2 amide bonds. The molecular formula is C36H31FN4O3. The summed E-state index contributed by atoms with van der Waals surface area (Å²) in [4.78, 5) is 33.4. The molecule has 5 aromatic carbocycles. The van der Waals surface area contributed by atoms with Crippen molar-refractivity contribution in [3.05, 3.63) is 119 Å². The second-order valence-corrected chi connectivity index (χ2v) is 11.5. The molecule has 0 bridgehead atoms. The molecule has 1 aliphatic heterocycles. The summed E-state index contributed by atoms with van der Waals surface area (Å²) in [6.07, 6.45) is -0.948.